The fourth-order valence-electron chi connectivity index (χ4n) is 3.85. The Balaban J connectivity index is 1.88. The molecule has 0 unspecified atom stereocenters. The lowest BCUT2D eigenvalue weighted by molar-refractivity contribution is -0.130. The quantitative estimate of drug-likeness (QED) is 0.788. The van der Waals surface area contributed by atoms with Crippen molar-refractivity contribution in [3.05, 3.63) is 30.1 Å². The van der Waals surface area contributed by atoms with Gasteiger partial charge in [-0.25, -0.2) is 0 Å². The van der Waals surface area contributed by atoms with Crippen molar-refractivity contribution in [2.24, 2.45) is 5.41 Å². The van der Waals surface area contributed by atoms with Crippen molar-refractivity contribution < 1.29 is 14.4 Å². The van der Waals surface area contributed by atoms with Crippen molar-refractivity contribution in [3.8, 4) is 0 Å². The van der Waals surface area contributed by atoms with E-state index >= 15 is 0 Å². The average Bonchev–Trinajstić information content (AvgIpc) is 2.80. The van der Waals surface area contributed by atoms with Crippen molar-refractivity contribution in [1.29, 1.82) is 0 Å². The Kier molecular flexibility index (Phi) is 4.74. The van der Waals surface area contributed by atoms with E-state index in [0.717, 1.165) is 0 Å². The zero-order valence-electron chi connectivity index (χ0n) is 14.8. The Morgan fingerprint density at radius 1 is 1.20 bits per heavy atom. The number of pyridine rings is 1. The van der Waals surface area contributed by atoms with E-state index in [1.807, 2.05) is 11.8 Å². The maximum absolute atomic E-state index is 12.9. The minimum Gasteiger partial charge on any atom is -0.342 e. The number of carbonyl (C=O) groups excluding carboxylic acids is 3. The van der Waals surface area contributed by atoms with Gasteiger partial charge >= 0.3 is 0 Å². The molecule has 0 bridgehead atoms. The molecule has 2 fully saturated rings. The third-order valence-corrected chi connectivity index (χ3v) is 5.12. The summed E-state index contributed by atoms with van der Waals surface area (Å²) in [6.45, 7) is 6.68. The number of carbonyl (C=O) groups is 3. The smallest absolute Gasteiger partial charge is 0.255 e. The zero-order valence-corrected chi connectivity index (χ0v) is 14.8. The molecular formula is C18H24N4O3. The van der Waals surface area contributed by atoms with Crippen LogP contribution in [0.2, 0.25) is 0 Å². The molecule has 134 valence electrons. The summed E-state index contributed by atoms with van der Waals surface area (Å²) in [6.07, 6.45) is 3.56. The number of hydrogen-bond acceptors (Lipinski definition) is 4. The molecular weight excluding hydrogens is 320 g/mol. The van der Waals surface area contributed by atoms with Gasteiger partial charge < -0.3 is 14.7 Å². The molecule has 7 nitrogen and oxygen atoms in total. The van der Waals surface area contributed by atoms with Crippen LogP contribution in [0.3, 0.4) is 0 Å². The van der Waals surface area contributed by atoms with Gasteiger partial charge in [0.1, 0.15) is 0 Å². The summed E-state index contributed by atoms with van der Waals surface area (Å²) in [6, 6.07) is 3.48. The second kappa shape index (κ2) is 6.82. The lowest BCUT2D eigenvalue weighted by Crippen LogP contribution is -2.45. The number of likely N-dealkylation sites (tertiary alicyclic amines) is 1. The second-order valence-corrected chi connectivity index (χ2v) is 6.99. The molecule has 2 aliphatic heterocycles. The fourth-order valence-corrected chi connectivity index (χ4v) is 3.85. The summed E-state index contributed by atoms with van der Waals surface area (Å²) >= 11 is 0. The first-order valence-electron chi connectivity index (χ1n) is 8.67. The molecule has 3 heterocycles. The van der Waals surface area contributed by atoms with Crippen LogP contribution >= 0.6 is 0 Å². The summed E-state index contributed by atoms with van der Waals surface area (Å²) in [4.78, 5) is 46.6. The second-order valence-electron chi connectivity index (χ2n) is 6.99. The van der Waals surface area contributed by atoms with E-state index in [0.29, 0.717) is 51.3 Å². The molecule has 0 aliphatic carbocycles. The molecule has 7 heteroatoms. The number of nitrogens with zero attached hydrogens (tertiary/aromatic N) is 4. The number of aromatic nitrogens is 1. The molecule has 2 aliphatic rings. The van der Waals surface area contributed by atoms with E-state index in [-0.39, 0.29) is 17.7 Å². The van der Waals surface area contributed by atoms with Crippen LogP contribution in [0.25, 0.3) is 0 Å². The summed E-state index contributed by atoms with van der Waals surface area (Å²) in [5, 5.41) is 0. The average molecular weight is 344 g/mol. The largest absolute Gasteiger partial charge is 0.342 e. The molecule has 0 radical (unpaired) electrons. The first-order valence-corrected chi connectivity index (χ1v) is 8.67. The third-order valence-electron chi connectivity index (χ3n) is 5.12. The molecule has 25 heavy (non-hydrogen) atoms. The van der Waals surface area contributed by atoms with Crippen LogP contribution in [0.5, 0.6) is 0 Å². The Morgan fingerprint density at radius 3 is 2.52 bits per heavy atom. The first-order chi connectivity index (χ1) is 11.9. The van der Waals surface area contributed by atoms with E-state index < -0.39 is 5.41 Å². The van der Waals surface area contributed by atoms with Gasteiger partial charge in [0.05, 0.1) is 5.56 Å². The van der Waals surface area contributed by atoms with Crippen LogP contribution in [0, 0.1) is 5.41 Å². The standard InChI is InChI=1S/C18H24N4O3/c1-3-20-11-18(9-16(20)24)12-21(14(2)23)7-8-22(13-18)17(25)15-5-4-6-19-10-15/h4-6,10H,3,7-9,11-13H2,1-2H3/t18-/m0/s1. The highest BCUT2D eigenvalue weighted by Crippen LogP contribution is 2.35. The minimum atomic E-state index is -0.396. The van der Waals surface area contributed by atoms with Crippen LogP contribution in [-0.2, 0) is 9.59 Å². The third kappa shape index (κ3) is 3.50. The Labute approximate surface area is 147 Å². The van der Waals surface area contributed by atoms with E-state index in [2.05, 4.69) is 4.98 Å². The number of hydrogen-bond donors (Lipinski definition) is 0. The highest BCUT2D eigenvalue weighted by Gasteiger charge is 2.47. The first kappa shape index (κ1) is 17.4. The molecule has 0 saturated carbocycles. The van der Waals surface area contributed by atoms with Gasteiger partial charge in [0.2, 0.25) is 11.8 Å². The molecule has 0 N–H and O–H groups in total. The van der Waals surface area contributed by atoms with Crippen molar-refractivity contribution in [2.45, 2.75) is 20.3 Å². The molecule has 3 amide bonds. The van der Waals surface area contributed by atoms with Gasteiger partial charge in [0.15, 0.2) is 0 Å². The summed E-state index contributed by atoms with van der Waals surface area (Å²) in [5.74, 6) is -0.0144. The van der Waals surface area contributed by atoms with Gasteiger partial charge in [0.25, 0.3) is 5.91 Å². The Bertz CT molecular complexity index is 678. The number of amides is 3. The van der Waals surface area contributed by atoms with Gasteiger partial charge in [0, 0.05) is 70.4 Å². The Hall–Kier alpha value is -2.44. The van der Waals surface area contributed by atoms with E-state index in [4.69, 9.17) is 0 Å². The highest BCUT2D eigenvalue weighted by molar-refractivity contribution is 5.94. The molecule has 0 aromatic carbocycles. The summed E-state index contributed by atoms with van der Waals surface area (Å²) in [7, 11) is 0. The summed E-state index contributed by atoms with van der Waals surface area (Å²) < 4.78 is 0. The molecule has 1 aromatic heterocycles. The van der Waals surface area contributed by atoms with Crippen molar-refractivity contribution in [1.82, 2.24) is 19.7 Å². The lowest BCUT2D eigenvalue weighted by atomic mass is 9.85. The zero-order chi connectivity index (χ0) is 18.0. The highest BCUT2D eigenvalue weighted by atomic mass is 16.2. The van der Waals surface area contributed by atoms with Crippen LogP contribution in [0.15, 0.2) is 24.5 Å². The van der Waals surface area contributed by atoms with E-state index in [1.165, 1.54) is 0 Å². The van der Waals surface area contributed by atoms with Crippen LogP contribution in [-0.4, -0.2) is 76.7 Å². The van der Waals surface area contributed by atoms with Gasteiger partial charge in [-0.2, -0.15) is 0 Å². The van der Waals surface area contributed by atoms with E-state index in [9.17, 15) is 14.4 Å². The van der Waals surface area contributed by atoms with Gasteiger partial charge in [-0.3, -0.25) is 19.4 Å². The van der Waals surface area contributed by atoms with Gasteiger partial charge in [-0.15, -0.1) is 0 Å². The topological polar surface area (TPSA) is 73.8 Å². The Morgan fingerprint density at radius 2 is 1.92 bits per heavy atom. The minimum absolute atomic E-state index is 0.0163. The van der Waals surface area contributed by atoms with Crippen molar-refractivity contribution in [3.63, 3.8) is 0 Å². The summed E-state index contributed by atoms with van der Waals surface area (Å²) in [5.41, 5.74) is 0.137. The van der Waals surface area contributed by atoms with Crippen LogP contribution < -0.4 is 0 Å². The molecule has 3 rings (SSSR count). The molecule has 1 aromatic rings. The monoisotopic (exact) mass is 344 g/mol. The predicted octanol–water partition coefficient (Wildman–Crippen LogP) is 0.625. The van der Waals surface area contributed by atoms with Crippen molar-refractivity contribution >= 4 is 17.7 Å². The molecule has 1 atom stereocenters. The van der Waals surface area contributed by atoms with Crippen molar-refractivity contribution in [2.75, 3.05) is 39.3 Å². The SMILES string of the molecule is CCN1C[C@@]2(CC1=O)CN(C(C)=O)CCN(C(=O)c1cccnc1)C2. The lowest BCUT2D eigenvalue weighted by Gasteiger charge is -2.33. The van der Waals surface area contributed by atoms with Gasteiger partial charge in [-0.1, -0.05) is 0 Å². The predicted molar refractivity (Wildman–Crippen MR) is 91.7 cm³/mol. The fraction of sp³-hybridized carbons (Fsp3) is 0.556. The molecule has 1 spiro atoms. The molecule has 2 saturated heterocycles. The maximum atomic E-state index is 12.9. The van der Waals surface area contributed by atoms with Crippen LogP contribution in [0.4, 0.5) is 0 Å². The van der Waals surface area contributed by atoms with Crippen LogP contribution in [0.1, 0.15) is 30.6 Å². The maximum Gasteiger partial charge on any atom is 0.255 e. The van der Waals surface area contributed by atoms with E-state index in [1.54, 1.807) is 41.2 Å². The normalized spacial score (nSPS) is 23.9. The number of rotatable bonds is 2. The van der Waals surface area contributed by atoms with Gasteiger partial charge in [-0.05, 0) is 19.1 Å².